The lowest BCUT2D eigenvalue weighted by Crippen LogP contribution is -2.71. The highest BCUT2D eigenvalue weighted by atomic mass is 16.7. The minimum absolute atomic E-state index is 0.291. The van der Waals surface area contributed by atoms with Crippen molar-refractivity contribution in [2.75, 3.05) is 40.1 Å². The van der Waals surface area contributed by atoms with Crippen molar-refractivity contribution in [1.29, 1.82) is 0 Å². The van der Waals surface area contributed by atoms with Gasteiger partial charge in [0.1, 0.15) is 36.6 Å². The van der Waals surface area contributed by atoms with E-state index in [9.17, 15) is 30.0 Å². The van der Waals surface area contributed by atoms with Gasteiger partial charge in [0.2, 0.25) is 5.72 Å². The van der Waals surface area contributed by atoms with Gasteiger partial charge in [0.05, 0.1) is 13.2 Å². The fourth-order valence-corrected chi connectivity index (χ4v) is 16.6. The molecule has 4 aliphatic carbocycles. The van der Waals surface area contributed by atoms with Gasteiger partial charge in [0.25, 0.3) is 5.56 Å². The Kier molecular flexibility index (Phi) is 36.9. The van der Waals surface area contributed by atoms with E-state index in [4.69, 9.17) is 28.4 Å². The van der Waals surface area contributed by atoms with Crippen LogP contribution in [0, 0.1) is 23.2 Å². The van der Waals surface area contributed by atoms with E-state index < -0.39 is 79.3 Å². The molecule has 1 unspecified atom stereocenters. The van der Waals surface area contributed by atoms with Crippen LogP contribution in [0.25, 0.3) is 0 Å². The molecule has 87 heavy (non-hydrogen) atoms. The Morgan fingerprint density at radius 1 is 0.506 bits per heavy atom. The molecule has 14 nitrogen and oxygen atoms in total. The summed E-state index contributed by atoms with van der Waals surface area (Å²) in [5, 5.41) is 45.4. The Morgan fingerprint density at radius 2 is 0.885 bits per heavy atom. The molecular weight excluding hydrogens is 1100 g/mol. The van der Waals surface area contributed by atoms with Crippen LogP contribution in [0.2, 0.25) is 0 Å². The SMILES string of the molecule is CCCCCCCCCCCCCCCCOC1O[C@@](CO)(n2c(=O)ccn([C@@H]3O[C@H](CO)[C@@H](O)[C@H]3OCCCCCCCCCCCCCCCC34CC5CC(CC(C5)C3)C4)c2=O)[C@H](O)[C@H](OC)[C@H]1OCCCCCCCCCCCCCCCC. The van der Waals surface area contributed by atoms with E-state index in [0.717, 1.165) is 104 Å². The third-order valence-electron chi connectivity index (χ3n) is 21.3. The number of unbranched alkanes of at least 4 members (excludes halogenated alkanes) is 38. The first-order valence-electron chi connectivity index (χ1n) is 37.3. The fraction of sp³-hybridized carbons (Fsp3) is 0.945. The van der Waals surface area contributed by atoms with Crippen molar-refractivity contribution in [3.8, 4) is 0 Å². The largest absolute Gasteiger partial charge is 0.394 e. The van der Waals surface area contributed by atoms with Gasteiger partial charge in [-0.05, 0) is 87.4 Å². The molecule has 0 spiro atoms. The molecule has 6 fully saturated rings. The van der Waals surface area contributed by atoms with Crippen LogP contribution in [-0.4, -0.2) is 113 Å². The van der Waals surface area contributed by atoms with E-state index >= 15 is 0 Å². The van der Waals surface area contributed by atoms with Gasteiger partial charge in [-0.15, -0.1) is 0 Å². The van der Waals surface area contributed by atoms with Crippen LogP contribution in [0.5, 0.6) is 0 Å². The molecule has 2 saturated heterocycles. The zero-order chi connectivity index (χ0) is 61.8. The van der Waals surface area contributed by atoms with Crippen molar-refractivity contribution in [1.82, 2.24) is 9.13 Å². The highest BCUT2D eigenvalue weighted by molar-refractivity contribution is 5.05. The quantitative estimate of drug-likeness (QED) is 0.0454. The normalized spacial score (nSPS) is 28.6. The molecule has 9 atom stereocenters. The predicted octanol–water partition coefficient (Wildman–Crippen LogP) is 16.1. The zero-order valence-electron chi connectivity index (χ0n) is 55.9. The Bertz CT molecular complexity index is 1980. The Morgan fingerprint density at radius 3 is 1.28 bits per heavy atom. The molecular formula is C73H132N2O12. The average molecular weight is 1230 g/mol. The summed E-state index contributed by atoms with van der Waals surface area (Å²) in [7, 11) is 1.43. The molecule has 14 heteroatoms. The summed E-state index contributed by atoms with van der Waals surface area (Å²) < 4.78 is 39.7. The van der Waals surface area contributed by atoms with Crippen molar-refractivity contribution in [2.24, 2.45) is 23.2 Å². The van der Waals surface area contributed by atoms with Crippen LogP contribution < -0.4 is 11.2 Å². The van der Waals surface area contributed by atoms with Crippen molar-refractivity contribution < 1.29 is 48.8 Å². The topological polar surface area (TPSA) is 180 Å². The lowest BCUT2D eigenvalue weighted by molar-refractivity contribution is -0.374. The second-order valence-electron chi connectivity index (χ2n) is 28.5. The molecule has 6 aliphatic rings. The summed E-state index contributed by atoms with van der Waals surface area (Å²) >= 11 is 0. The van der Waals surface area contributed by atoms with E-state index in [1.54, 1.807) is 38.5 Å². The third-order valence-corrected chi connectivity index (χ3v) is 21.3. The maximum Gasteiger partial charge on any atom is 0.335 e. The minimum atomic E-state index is -2.36. The highest BCUT2D eigenvalue weighted by Gasteiger charge is 2.59. The monoisotopic (exact) mass is 1230 g/mol. The van der Waals surface area contributed by atoms with Gasteiger partial charge in [-0.3, -0.25) is 9.36 Å². The van der Waals surface area contributed by atoms with Gasteiger partial charge in [-0.2, -0.15) is 0 Å². The second kappa shape index (κ2) is 43.2. The van der Waals surface area contributed by atoms with Crippen molar-refractivity contribution >= 4 is 0 Å². The molecule has 2 aliphatic heterocycles. The Balaban J connectivity index is 0.956. The van der Waals surface area contributed by atoms with E-state index in [-0.39, 0.29) is 0 Å². The lowest BCUT2D eigenvalue weighted by Gasteiger charge is -2.57. The Hall–Kier alpha value is -1.72. The van der Waals surface area contributed by atoms with E-state index in [0.29, 0.717) is 24.4 Å². The molecule has 4 bridgehead atoms. The van der Waals surface area contributed by atoms with Crippen LogP contribution in [-0.2, 0) is 34.1 Å². The number of hydrogen-bond acceptors (Lipinski definition) is 12. The van der Waals surface area contributed by atoms with Crippen molar-refractivity contribution in [3.63, 3.8) is 0 Å². The van der Waals surface area contributed by atoms with Gasteiger partial charge in [-0.1, -0.05) is 258 Å². The first kappa shape index (κ1) is 74.3. The van der Waals surface area contributed by atoms with Crippen LogP contribution in [0.3, 0.4) is 0 Å². The first-order valence-corrected chi connectivity index (χ1v) is 37.3. The molecule has 1 aromatic heterocycles. The molecule has 1 aromatic rings. The molecule has 0 amide bonds. The zero-order valence-corrected chi connectivity index (χ0v) is 55.9. The Labute approximate surface area is 529 Å². The maximum absolute atomic E-state index is 14.9. The number of aromatic nitrogens is 2. The summed E-state index contributed by atoms with van der Waals surface area (Å²) in [5.41, 5.74) is -3.43. The number of nitrogens with zero attached hydrogens (tertiary/aromatic N) is 2. The molecule has 7 rings (SSSR count). The van der Waals surface area contributed by atoms with Crippen LogP contribution in [0.15, 0.2) is 21.9 Å². The number of aliphatic hydroxyl groups excluding tert-OH is 4. The molecule has 3 heterocycles. The van der Waals surface area contributed by atoms with Crippen molar-refractivity contribution in [3.05, 3.63) is 33.1 Å². The summed E-state index contributed by atoms with van der Waals surface area (Å²) in [4.78, 5) is 29.0. The van der Waals surface area contributed by atoms with E-state index in [1.165, 1.54) is 212 Å². The summed E-state index contributed by atoms with van der Waals surface area (Å²) in [6, 6.07) is 1.14. The van der Waals surface area contributed by atoms with Gasteiger partial charge >= 0.3 is 5.69 Å². The van der Waals surface area contributed by atoms with E-state index in [1.807, 2.05) is 0 Å². The maximum atomic E-state index is 14.9. The van der Waals surface area contributed by atoms with Crippen molar-refractivity contribution in [2.45, 2.75) is 377 Å². The number of hydrogen-bond donors (Lipinski definition) is 4. The smallest absolute Gasteiger partial charge is 0.335 e. The van der Waals surface area contributed by atoms with Crippen LogP contribution >= 0.6 is 0 Å². The molecule has 506 valence electrons. The number of aliphatic hydroxyl groups is 4. The van der Waals surface area contributed by atoms with Gasteiger partial charge < -0.3 is 48.8 Å². The molecule has 4 N–H and O–H groups in total. The summed E-state index contributed by atoms with van der Waals surface area (Å²) in [6.45, 7) is 3.97. The number of methoxy groups -OCH3 is 1. The first-order chi connectivity index (χ1) is 42.6. The summed E-state index contributed by atoms with van der Waals surface area (Å²) in [5.74, 6) is 3.20. The molecule has 4 saturated carbocycles. The van der Waals surface area contributed by atoms with Crippen LogP contribution in [0.4, 0.5) is 0 Å². The number of rotatable bonds is 54. The fourth-order valence-electron chi connectivity index (χ4n) is 16.6. The molecule has 0 radical (unpaired) electrons. The third kappa shape index (κ3) is 24.6. The average Bonchev–Trinajstić information content (AvgIpc) is 1.28. The van der Waals surface area contributed by atoms with Gasteiger partial charge in [0.15, 0.2) is 12.5 Å². The van der Waals surface area contributed by atoms with E-state index in [2.05, 4.69) is 13.8 Å². The highest BCUT2D eigenvalue weighted by Crippen LogP contribution is 2.61. The predicted molar refractivity (Wildman–Crippen MR) is 350 cm³/mol. The number of ether oxygens (including phenoxy) is 6. The van der Waals surface area contributed by atoms with Gasteiger partial charge in [0, 0.05) is 39.2 Å². The lowest BCUT2D eigenvalue weighted by atomic mass is 9.48. The molecule has 0 aromatic carbocycles. The summed E-state index contributed by atoms with van der Waals surface area (Å²) in [6.07, 6.45) is 52.6. The van der Waals surface area contributed by atoms with Crippen LogP contribution in [0.1, 0.15) is 328 Å². The standard InChI is InChI=1S/C73H132N2O12/c1-4-6-8-10-12-14-16-18-22-27-31-35-39-43-49-84-67-66(82-3)68(80)73(58-77,87-70(67)85-50-44-40-36-32-28-23-19-17-15-13-11-9-7-5-2)75-63(78)45-47-74(71(75)81)69-65(64(79)62(57-76)86-69)83-48-42-38-34-30-26-24-20-21-25-29-33-37-41-46-72-54-59-51-60(55-72)53-61(52-59)56-72/h45,47,59-62,64-70,76-77,79-80H,4-44,46,48-58H2,1-3H3/t59?,60?,61?,62-,64-,65-,66-,67-,68-,69-,70?,72?,73-/m1/s1. The minimum Gasteiger partial charge on any atom is -0.394 e. The second-order valence-corrected chi connectivity index (χ2v) is 28.5. The van der Waals surface area contributed by atoms with Gasteiger partial charge in [-0.25, -0.2) is 9.36 Å².